The van der Waals surface area contributed by atoms with Crippen LogP contribution in [-0.2, 0) is 0 Å². The Hall–Kier alpha value is 0.567. The fraction of sp³-hybridized carbons (Fsp3) is 1.00. The molecule has 0 rings (SSSR count). The lowest BCUT2D eigenvalue weighted by molar-refractivity contribution is 0.785. The van der Waals surface area contributed by atoms with Crippen molar-refractivity contribution < 1.29 is 0 Å². The highest BCUT2D eigenvalue weighted by Gasteiger charge is 2.41. The van der Waals surface area contributed by atoms with Crippen LogP contribution in [0.15, 0.2) is 0 Å². The molecule has 0 aliphatic heterocycles. The topological polar surface area (TPSA) is 0 Å². The van der Waals surface area contributed by atoms with E-state index in [0.717, 1.165) is 22.4 Å². The molecule has 0 heterocycles. The Morgan fingerprint density at radius 1 is 0.857 bits per heavy atom. The third-order valence-corrected chi connectivity index (χ3v) is 12.0. The molecular weight excluding hydrogens is 204 g/mol. The van der Waals surface area contributed by atoms with Crippen LogP contribution in [0.25, 0.3) is 0 Å². The third kappa shape index (κ3) is 3.03. The average Bonchev–Trinajstić information content (AvgIpc) is 2.03. The van der Waals surface area contributed by atoms with E-state index in [1.54, 1.807) is 0 Å². The maximum atomic E-state index is 4.36. The predicted molar refractivity (Wildman–Crippen MR) is 74.3 cm³/mol. The predicted octanol–water partition coefficient (Wildman–Crippen LogP) is 4.99. The highest BCUT2D eigenvalue weighted by Crippen LogP contribution is 2.45. The highest BCUT2D eigenvalue weighted by molar-refractivity contribution is 7.80. The minimum Gasteiger partial charge on any atom is -0.179 e. The normalized spacial score (nSPS) is 13.3. The van der Waals surface area contributed by atoms with E-state index in [2.05, 4.69) is 54.2 Å². The fourth-order valence-electron chi connectivity index (χ4n) is 3.25. The molecule has 0 bridgehead atoms. The van der Waals surface area contributed by atoms with Crippen LogP contribution in [0.3, 0.4) is 0 Å². The second-order valence-corrected chi connectivity index (χ2v) is 12.0. The summed E-state index contributed by atoms with van der Waals surface area (Å²) in [6.07, 6.45) is 1.31. The Balaban J connectivity index is 4.76. The van der Waals surface area contributed by atoms with E-state index in [0.29, 0.717) is 0 Å². The molecule has 0 saturated carbocycles. The van der Waals surface area contributed by atoms with Crippen LogP contribution >= 0.6 is 12.6 Å². The van der Waals surface area contributed by atoms with E-state index < -0.39 is 8.07 Å². The molecule has 0 aromatic heterocycles. The summed E-state index contributed by atoms with van der Waals surface area (Å²) in [5, 5.41) is 0. The summed E-state index contributed by atoms with van der Waals surface area (Å²) in [5.74, 6) is 1.06. The number of thiol groups is 1. The molecule has 0 N–H and O–H groups in total. The molecule has 14 heavy (non-hydrogen) atoms. The van der Waals surface area contributed by atoms with Gasteiger partial charge in [-0.3, -0.25) is 0 Å². The van der Waals surface area contributed by atoms with Gasteiger partial charge in [-0.25, -0.2) is 0 Å². The van der Waals surface area contributed by atoms with E-state index in [4.69, 9.17) is 0 Å². The smallest absolute Gasteiger partial charge is 0.0613 e. The molecular formula is C12H28SSi. The molecule has 0 spiro atoms. The third-order valence-electron chi connectivity index (χ3n) is 3.99. The van der Waals surface area contributed by atoms with Crippen molar-refractivity contribution in [3.63, 3.8) is 0 Å². The lowest BCUT2D eigenvalue weighted by Gasteiger charge is -2.43. The molecule has 0 nitrogen and oxygen atoms in total. The maximum Gasteiger partial charge on any atom is 0.0613 e. The lowest BCUT2D eigenvalue weighted by Crippen LogP contribution is -2.44. The molecule has 0 saturated heterocycles. The standard InChI is InChI=1S/C12H28SSi/c1-10(2)14(11(3)4,12(5)6)9-7-8-13/h10-13H,7-9H2,1-6H3. The van der Waals surface area contributed by atoms with Crippen molar-refractivity contribution in [3.05, 3.63) is 0 Å². The number of hydrogen-bond acceptors (Lipinski definition) is 1. The van der Waals surface area contributed by atoms with E-state index in [1.165, 1.54) is 12.5 Å². The summed E-state index contributed by atoms with van der Waals surface area (Å²) in [6, 6.07) is 1.46. The molecule has 0 amide bonds. The SMILES string of the molecule is CC(C)[Si](CCCS)(C(C)C)C(C)C. The zero-order valence-electron chi connectivity index (χ0n) is 10.8. The second-order valence-electron chi connectivity index (χ2n) is 5.40. The van der Waals surface area contributed by atoms with Crippen molar-refractivity contribution in [3.8, 4) is 0 Å². The summed E-state index contributed by atoms with van der Waals surface area (Å²) < 4.78 is 0. The van der Waals surface area contributed by atoms with Crippen molar-refractivity contribution >= 4 is 20.7 Å². The molecule has 0 radical (unpaired) electrons. The average molecular weight is 233 g/mol. The number of hydrogen-bond donors (Lipinski definition) is 1. The first-order valence-corrected chi connectivity index (χ1v) is 9.07. The van der Waals surface area contributed by atoms with Crippen molar-refractivity contribution in [2.45, 2.75) is 70.6 Å². The summed E-state index contributed by atoms with van der Waals surface area (Å²) in [4.78, 5) is 0. The first-order valence-electron chi connectivity index (χ1n) is 6.00. The summed E-state index contributed by atoms with van der Waals surface area (Å²) in [6.45, 7) is 14.6. The van der Waals surface area contributed by atoms with Gasteiger partial charge in [-0.2, -0.15) is 12.6 Å². The number of rotatable bonds is 6. The van der Waals surface area contributed by atoms with Gasteiger partial charge >= 0.3 is 0 Å². The van der Waals surface area contributed by atoms with Crippen LogP contribution in [0, 0.1) is 0 Å². The molecule has 0 atom stereocenters. The minimum atomic E-state index is -1.10. The van der Waals surface area contributed by atoms with Gasteiger partial charge in [0.25, 0.3) is 0 Å². The van der Waals surface area contributed by atoms with Crippen molar-refractivity contribution in [1.82, 2.24) is 0 Å². The first-order chi connectivity index (χ1) is 6.39. The second kappa shape index (κ2) is 6.22. The van der Waals surface area contributed by atoms with Crippen molar-refractivity contribution in [1.29, 1.82) is 0 Å². The van der Waals surface area contributed by atoms with Gasteiger partial charge in [-0.1, -0.05) is 64.2 Å². The highest BCUT2D eigenvalue weighted by atomic mass is 32.1. The molecule has 0 unspecified atom stereocenters. The van der Waals surface area contributed by atoms with Gasteiger partial charge in [0.05, 0.1) is 8.07 Å². The van der Waals surface area contributed by atoms with Crippen LogP contribution in [0.5, 0.6) is 0 Å². The maximum absolute atomic E-state index is 4.36. The molecule has 0 aromatic carbocycles. The quantitative estimate of drug-likeness (QED) is 0.484. The zero-order chi connectivity index (χ0) is 11.4. The van der Waals surface area contributed by atoms with Crippen molar-refractivity contribution in [2.75, 3.05) is 5.75 Å². The van der Waals surface area contributed by atoms with Crippen LogP contribution < -0.4 is 0 Å². The fourth-order valence-corrected chi connectivity index (χ4v) is 10.2. The molecule has 0 fully saturated rings. The Bertz CT molecular complexity index is 131. The van der Waals surface area contributed by atoms with Gasteiger partial charge in [-0.15, -0.1) is 0 Å². The lowest BCUT2D eigenvalue weighted by atomic mass is 10.5. The largest absolute Gasteiger partial charge is 0.179 e. The van der Waals surface area contributed by atoms with Crippen LogP contribution in [0.2, 0.25) is 22.7 Å². The zero-order valence-corrected chi connectivity index (χ0v) is 12.7. The van der Waals surface area contributed by atoms with Gasteiger partial charge in [0.15, 0.2) is 0 Å². The first kappa shape index (κ1) is 14.6. The van der Waals surface area contributed by atoms with Gasteiger partial charge in [0, 0.05) is 0 Å². The molecule has 86 valence electrons. The van der Waals surface area contributed by atoms with Crippen LogP contribution in [0.1, 0.15) is 48.0 Å². The Labute approximate surface area is 97.3 Å². The molecule has 2 heteroatoms. The molecule has 0 aromatic rings. The van der Waals surface area contributed by atoms with E-state index in [9.17, 15) is 0 Å². The molecule has 0 aliphatic carbocycles. The van der Waals surface area contributed by atoms with Gasteiger partial charge < -0.3 is 0 Å². The minimum absolute atomic E-state index is 0.905. The summed E-state index contributed by atoms with van der Waals surface area (Å²) in [7, 11) is -1.10. The molecule has 0 aliphatic rings. The van der Waals surface area contributed by atoms with E-state index >= 15 is 0 Å². The van der Waals surface area contributed by atoms with Gasteiger partial charge in [-0.05, 0) is 12.2 Å². The summed E-state index contributed by atoms with van der Waals surface area (Å²) in [5.41, 5.74) is 2.71. The van der Waals surface area contributed by atoms with Crippen molar-refractivity contribution in [2.24, 2.45) is 0 Å². The van der Waals surface area contributed by atoms with E-state index in [1.807, 2.05) is 0 Å². The van der Waals surface area contributed by atoms with Gasteiger partial charge in [0.1, 0.15) is 0 Å². The van der Waals surface area contributed by atoms with Crippen LogP contribution in [-0.4, -0.2) is 13.8 Å². The van der Waals surface area contributed by atoms with Crippen LogP contribution in [0.4, 0.5) is 0 Å². The van der Waals surface area contributed by atoms with Gasteiger partial charge in [0.2, 0.25) is 0 Å². The van der Waals surface area contributed by atoms with E-state index in [-0.39, 0.29) is 0 Å². The summed E-state index contributed by atoms with van der Waals surface area (Å²) >= 11 is 4.36. The Kier molecular flexibility index (Phi) is 6.47. The Morgan fingerprint density at radius 2 is 1.21 bits per heavy atom. The monoisotopic (exact) mass is 232 g/mol. The Morgan fingerprint density at radius 3 is 1.43 bits per heavy atom.